The molecule has 2 aliphatic rings. The Kier molecular flexibility index (Phi) is 4.62. The van der Waals surface area contributed by atoms with E-state index in [-0.39, 0.29) is 24.0 Å². The molecule has 0 radical (unpaired) electrons. The molecular formula is C17H22N2O4S. The molecule has 1 aromatic rings. The third kappa shape index (κ3) is 2.92. The summed E-state index contributed by atoms with van der Waals surface area (Å²) in [7, 11) is 0. The van der Waals surface area contributed by atoms with Crippen LogP contribution in [-0.2, 0) is 9.53 Å². The van der Waals surface area contributed by atoms with E-state index in [2.05, 4.69) is 5.32 Å². The van der Waals surface area contributed by atoms with Crippen molar-refractivity contribution in [2.24, 2.45) is 23.5 Å². The second-order valence-corrected chi connectivity index (χ2v) is 7.64. The first-order chi connectivity index (χ1) is 11.4. The highest BCUT2D eigenvalue weighted by molar-refractivity contribution is 7.18. The predicted molar refractivity (Wildman–Crippen MR) is 91.1 cm³/mol. The van der Waals surface area contributed by atoms with E-state index in [1.165, 1.54) is 6.42 Å². The lowest BCUT2D eigenvalue weighted by Crippen LogP contribution is -2.27. The maximum absolute atomic E-state index is 12.6. The van der Waals surface area contributed by atoms with E-state index in [0.717, 1.165) is 30.6 Å². The van der Waals surface area contributed by atoms with Crippen molar-refractivity contribution in [3.8, 4) is 0 Å². The summed E-state index contributed by atoms with van der Waals surface area (Å²) in [6.45, 7) is 3.61. The van der Waals surface area contributed by atoms with Gasteiger partial charge in [0.15, 0.2) is 0 Å². The first kappa shape index (κ1) is 17.0. The van der Waals surface area contributed by atoms with Gasteiger partial charge in [-0.25, -0.2) is 4.79 Å². The van der Waals surface area contributed by atoms with Crippen LogP contribution in [0.3, 0.4) is 0 Å². The number of hydrogen-bond acceptors (Lipinski definition) is 5. The normalized spacial score (nSPS) is 24.8. The number of amides is 2. The molecule has 6 nitrogen and oxygen atoms in total. The zero-order valence-corrected chi connectivity index (χ0v) is 14.7. The number of ether oxygens (including phenoxy) is 1. The first-order valence-electron chi connectivity index (χ1n) is 8.33. The van der Waals surface area contributed by atoms with Crippen molar-refractivity contribution in [3.63, 3.8) is 0 Å². The lowest BCUT2D eigenvalue weighted by atomic mass is 9.88. The molecule has 3 N–H and O–H groups in total. The van der Waals surface area contributed by atoms with Crippen LogP contribution in [0.1, 0.15) is 58.2 Å². The largest absolute Gasteiger partial charge is 0.462 e. The number of rotatable bonds is 5. The van der Waals surface area contributed by atoms with Gasteiger partial charge in [0.1, 0.15) is 9.88 Å². The Labute approximate surface area is 144 Å². The summed E-state index contributed by atoms with van der Waals surface area (Å²) in [5, 5.41) is 3.21. The van der Waals surface area contributed by atoms with Gasteiger partial charge in [-0.1, -0.05) is 6.42 Å². The summed E-state index contributed by atoms with van der Waals surface area (Å²) < 4.78 is 5.01. The molecule has 0 aliphatic heterocycles. The summed E-state index contributed by atoms with van der Waals surface area (Å²) in [6, 6.07) is 0. The highest BCUT2D eigenvalue weighted by atomic mass is 32.1. The number of thiophene rings is 1. The first-order valence-corrected chi connectivity index (χ1v) is 9.15. The third-order valence-corrected chi connectivity index (χ3v) is 6.35. The van der Waals surface area contributed by atoms with Crippen molar-refractivity contribution in [3.05, 3.63) is 16.0 Å². The van der Waals surface area contributed by atoms with E-state index in [4.69, 9.17) is 10.5 Å². The highest BCUT2D eigenvalue weighted by Crippen LogP contribution is 2.49. The average Bonchev–Trinajstić information content (AvgIpc) is 3.21. The third-order valence-electron chi connectivity index (χ3n) is 5.17. The van der Waals surface area contributed by atoms with Gasteiger partial charge < -0.3 is 15.8 Å². The molecule has 1 heterocycles. The number of esters is 1. The van der Waals surface area contributed by atoms with Gasteiger partial charge in [0.05, 0.1) is 12.2 Å². The van der Waals surface area contributed by atoms with E-state index in [0.29, 0.717) is 27.3 Å². The molecule has 2 saturated carbocycles. The quantitative estimate of drug-likeness (QED) is 0.798. The molecule has 130 valence electrons. The van der Waals surface area contributed by atoms with E-state index in [1.807, 2.05) is 0 Å². The molecule has 2 fully saturated rings. The maximum Gasteiger partial charge on any atom is 0.348 e. The SMILES string of the molecule is CCOC(=O)c1sc(NC(=O)C2CC3CCC2C3)c(C(N)=O)c1C. The van der Waals surface area contributed by atoms with Crippen molar-refractivity contribution >= 4 is 34.1 Å². The molecule has 0 aromatic carbocycles. The molecule has 24 heavy (non-hydrogen) atoms. The fourth-order valence-corrected chi connectivity index (χ4v) is 5.17. The molecule has 0 spiro atoms. The topological polar surface area (TPSA) is 98.5 Å². The van der Waals surface area contributed by atoms with Crippen LogP contribution in [0.25, 0.3) is 0 Å². The van der Waals surface area contributed by atoms with Crippen molar-refractivity contribution < 1.29 is 19.1 Å². The van der Waals surface area contributed by atoms with Crippen LogP contribution in [-0.4, -0.2) is 24.4 Å². The van der Waals surface area contributed by atoms with Crippen LogP contribution in [0.2, 0.25) is 0 Å². The molecule has 3 rings (SSSR count). The Morgan fingerprint density at radius 1 is 1.29 bits per heavy atom. The number of anilines is 1. The monoisotopic (exact) mass is 350 g/mol. The number of nitrogens with one attached hydrogen (secondary N) is 1. The number of carbonyl (C=O) groups excluding carboxylic acids is 3. The van der Waals surface area contributed by atoms with E-state index in [1.54, 1.807) is 13.8 Å². The molecule has 3 atom stereocenters. The number of carbonyl (C=O) groups is 3. The van der Waals surface area contributed by atoms with Gasteiger partial charge in [-0.2, -0.15) is 0 Å². The summed E-state index contributed by atoms with van der Waals surface area (Å²) in [4.78, 5) is 36.8. The zero-order chi connectivity index (χ0) is 17.4. The average molecular weight is 350 g/mol. The van der Waals surface area contributed by atoms with Gasteiger partial charge >= 0.3 is 5.97 Å². The number of nitrogens with two attached hydrogens (primary N) is 1. The predicted octanol–water partition coefficient (Wildman–Crippen LogP) is 2.71. The van der Waals surface area contributed by atoms with Crippen molar-refractivity contribution in [1.29, 1.82) is 0 Å². The molecule has 1 aromatic heterocycles. The van der Waals surface area contributed by atoms with Crippen molar-refractivity contribution in [1.82, 2.24) is 0 Å². The Morgan fingerprint density at radius 2 is 2.04 bits per heavy atom. The fourth-order valence-electron chi connectivity index (χ4n) is 4.06. The Balaban J connectivity index is 1.84. The van der Waals surface area contributed by atoms with Gasteiger partial charge in [0, 0.05) is 5.92 Å². The van der Waals surface area contributed by atoms with Crippen LogP contribution in [0.5, 0.6) is 0 Å². The minimum Gasteiger partial charge on any atom is -0.462 e. The van der Waals surface area contributed by atoms with E-state index < -0.39 is 11.9 Å². The van der Waals surface area contributed by atoms with Gasteiger partial charge in [-0.05, 0) is 50.5 Å². The van der Waals surface area contributed by atoms with Crippen LogP contribution in [0.4, 0.5) is 5.00 Å². The second-order valence-electron chi connectivity index (χ2n) is 6.62. The standard InChI is InChI=1S/C17H22N2O4S/c1-3-23-17(22)13-8(2)12(14(18)20)16(24-13)19-15(21)11-7-9-4-5-10(11)6-9/h9-11H,3-7H2,1-2H3,(H2,18,20)(H,19,21). The minimum absolute atomic E-state index is 0.00192. The molecule has 2 aliphatic carbocycles. The number of hydrogen-bond donors (Lipinski definition) is 2. The Morgan fingerprint density at radius 3 is 2.58 bits per heavy atom. The smallest absolute Gasteiger partial charge is 0.348 e. The molecule has 2 amide bonds. The highest BCUT2D eigenvalue weighted by Gasteiger charge is 2.43. The summed E-state index contributed by atoms with van der Waals surface area (Å²) in [5.41, 5.74) is 6.13. The van der Waals surface area contributed by atoms with Crippen LogP contribution < -0.4 is 11.1 Å². The lowest BCUT2D eigenvalue weighted by molar-refractivity contribution is -0.121. The fraction of sp³-hybridized carbons (Fsp3) is 0.588. The van der Waals surface area contributed by atoms with Crippen LogP contribution in [0, 0.1) is 24.7 Å². The summed E-state index contributed by atoms with van der Waals surface area (Å²) in [5.74, 6) is -0.121. The molecule has 0 saturated heterocycles. The lowest BCUT2D eigenvalue weighted by Gasteiger charge is -2.20. The number of fused-ring (bicyclic) bond motifs is 2. The molecule has 2 bridgehead atoms. The van der Waals surface area contributed by atoms with E-state index >= 15 is 0 Å². The van der Waals surface area contributed by atoms with Crippen molar-refractivity contribution in [2.75, 3.05) is 11.9 Å². The van der Waals surface area contributed by atoms with Gasteiger partial charge in [-0.15, -0.1) is 11.3 Å². The van der Waals surface area contributed by atoms with Gasteiger partial charge in [0.25, 0.3) is 5.91 Å². The second kappa shape index (κ2) is 6.55. The Bertz CT molecular complexity index is 697. The molecule has 7 heteroatoms. The molecule has 3 unspecified atom stereocenters. The van der Waals surface area contributed by atoms with Crippen molar-refractivity contribution in [2.45, 2.75) is 39.5 Å². The van der Waals surface area contributed by atoms with E-state index in [9.17, 15) is 14.4 Å². The van der Waals surface area contributed by atoms with Gasteiger partial charge in [0.2, 0.25) is 5.91 Å². The minimum atomic E-state index is -0.650. The summed E-state index contributed by atoms with van der Waals surface area (Å²) >= 11 is 1.06. The number of primary amides is 1. The maximum atomic E-state index is 12.6. The Hall–Kier alpha value is -1.89. The van der Waals surface area contributed by atoms with Gasteiger partial charge in [-0.3, -0.25) is 9.59 Å². The van der Waals surface area contributed by atoms with Crippen LogP contribution >= 0.6 is 11.3 Å². The zero-order valence-electron chi connectivity index (χ0n) is 13.9. The summed E-state index contributed by atoms with van der Waals surface area (Å²) in [6.07, 6.45) is 4.35. The molecular weight excluding hydrogens is 328 g/mol. The van der Waals surface area contributed by atoms with Crippen LogP contribution in [0.15, 0.2) is 0 Å².